The monoisotopic (exact) mass is 319 g/mol. The first kappa shape index (κ1) is 16.3. The Hall–Kier alpha value is -2.07. The molecular weight excluding hydrogens is 302 g/mol. The van der Waals surface area contributed by atoms with E-state index >= 15 is 0 Å². The highest BCUT2D eigenvalue weighted by Crippen LogP contribution is 2.27. The quantitative estimate of drug-likeness (QED) is 0.650. The van der Waals surface area contributed by atoms with E-state index < -0.39 is 11.9 Å². The second-order valence-electron chi connectivity index (χ2n) is 5.39. The highest BCUT2D eigenvalue weighted by Gasteiger charge is 2.26. The summed E-state index contributed by atoms with van der Waals surface area (Å²) in [6.45, 7) is 3.61. The maximum absolute atomic E-state index is 12.3. The predicted molar refractivity (Wildman–Crippen MR) is 85.1 cm³/mol. The number of aromatic amines is 1. The number of benzene rings is 1. The van der Waals surface area contributed by atoms with Gasteiger partial charge in [-0.25, -0.2) is 0 Å². The van der Waals surface area contributed by atoms with Crippen LogP contribution < -0.4 is 0 Å². The van der Waals surface area contributed by atoms with E-state index in [-0.39, 0.29) is 18.3 Å². The van der Waals surface area contributed by atoms with Crippen LogP contribution in [-0.2, 0) is 9.53 Å². The van der Waals surface area contributed by atoms with E-state index in [2.05, 4.69) is 4.98 Å². The number of halogens is 1. The van der Waals surface area contributed by atoms with Crippen molar-refractivity contribution in [3.8, 4) is 0 Å². The van der Waals surface area contributed by atoms with E-state index in [1.807, 2.05) is 13.8 Å². The summed E-state index contributed by atoms with van der Waals surface area (Å²) in [5.74, 6) is -1.03. The summed E-state index contributed by atoms with van der Waals surface area (Å²) in [6.07, 6.45) is 1.65. The average molecular weight is 320 g/mol. The lowest BCUT2D eigenvalue weighted by Crippen LogP contribution is -2.23. The third kappa shape index (κ3) is 3.98. The molecule has 1 heterocycles. The Balaban J connectivity index is 2.04. The van der Waals surface area contributed by atoms with Gasteiger partial charge in [0.1, 0.15) is 0 Å². The Morgan fingerprint density at radius 2 is 1.86 bits per heavy atom. The van der Waals surface area contributed by atoms with Crippen LogP contribution in [0.4, 0.5) is 0 Å². The summed E-state index contributed by atoms with van der Waals surface area (Å²) in [6, 6.07) is 10.5. The van der Waals surface area contributed by atoms with Gasteiger partial charge in [-0.05, 0) is 35.7 Å². The average Bonchev–Trinajstić information content (AvgIpc) is 3.01. The van der Waals surface area contributed by atoms with Gasteiger partial charge >= 0.3 is 5.97 Å². The van der Waals surface area contributed by atoms with Gasteiger partial charge < -0.3 is 9.72 Å². The Morgan fingerprint density at radius 3 is 2.41 bits per heavy atom. The largest absolute Gasteiger partial charge is 0.457 e. The van der Waals surface area contributed by atoms with Crippen LogP contribution in [0.1, 0.15) is 35.8 Å². The first-order valence-corrected chi connectivity index (χ1v) is 7.45. The lowest BCUT2D eigenvalue weighted by molar-refractivity contribution is -0.145. The lowest BCUT2D eigenvalue weighted by Gasteiger charge is -2.19. The first-order valence-electron chi connectivity index (χ1n) is 7.07. The molecule has 0 aliphatic heterocycles. The Morgan fingerprint density at radius 1 is 1.18 bits per heavy atom. The van der Waals surface area contributed by atoms with Crippen molar-refractivity contribution in [2.24, 2.45) is 5.92 Å². The standard InChI is InChI=1S/C17H18ClNO3/c1-11(2)16(12-5-7-13(18)8-6-12)17(21)22-10-15(20)14-4-3-9-19-14/h3-9,11,16,19H,10H2,1-2H3/t16-/m0/s1. The maximum Gasteiger partial charge on any atom is 0.314 e. The smallest absolute Gasteiger partial charge is 0.314 e. The van der Waals surface area contributed by atoms with Crippen molar-refractivity contribution in [1.82, 2.24) is 4.98 Å². The van der Waals surface area contributed by atoms with Crippen molar-refractivity contribution in [2.45, 2.75) is 19.8 Å². The number of hydrogen-bond donors (Lipinski definition) is 1. The number of ketones is 1. The van der Waals surface area contributed by atoms with Gasteiger partial charge in [0.15, 0.2) is 6.61 Å². The van der Waals surface area contributed by atoms with Crippen LogP contribution in [0.15, 0.2) is 42.6 Å². The lowest BCUT2D eigenvalue weighted by atomic mass is 9.88. The molecule has 0 aliphatic carbocycles. The molecular formula is C17H18ClNO3. The Labute approximate surface area is 134 Å². The van der Waals surface area contributed by atoms with Crippen LogP contribution in [0.25, 0.3) is 0 Å². The minimum absolute atomic E-state index is 0.0502. The second-order valence-corrected chi connectivity index (χ2v) is 5.82. The molecule has 0 amide bonds. The van der Waals surface area contributed by atoms with Crippen LogP contribution in [0.5, 0.6) is 0 Å². The predicted octanol–water partition coefficient (Wildman–Crippen LogP) is 3.83. The van der Waals surface area contributed by atoms with Crippen LogP contribution in [0.3, 0.4) is 0 Å². The number of H-pyrrole nitrogens is 1. The number of Topliss-reactive ketones (excluding diaryl/α,β-unsaturated/α-hetero) is 1. The molecule has 0 aliphatic rings. The van der Waals surface area contributed by atoms with Crippen LogP contribution in [0, 0.1) is 5.92 Å². The molecule has 0 saturated carbocycles. The zero-order chi connectivity index (χ0) is 16.1. The zero-order valence-corrected chi connectivity index (χ0v) is 13.3. The van der Waals surface area contributed by atoms with Crippen LogP contribution in [0.2, 0.25) is 5.02 Å². The minimum atomic E-state index is -0.422. The van der Waals surface area contributed by atoms with Crippen molar-refractivity contribution >= 4 is 23.4 Å². The van der Waals surface area contributed by atoms with Crippen molar-refractivity contribution in [3.63, 3.8) is 0 Å². The summed E-state index contributed by atoms with van der Waals surface area (Å²) in [5, 5.41) is 0.613. The molecule has 0 unspecified atom stereocenters. The molecule has 2 rings (SSSR count). The first-order chi connectivity index (χ1) is 10.5. The molecule has 22 heavy (non-hydrogen) atoms. The van der Waals surface area contributed by atoms with Crippen LogP contribution >= 0.6 is 11.6 Å². The van der Waals surface area contributed by atoms with Gasteiger partial charge in [-0.3, -0.25) is 9.59 Å². The molecule has 5 heteroatoms. The molecule has 1 atom stereocenters. The third-order valence-corrected chi connectivity index (χ3v) is 3.65. The van der Waals surface area contributed by atoms with Crippen molar-refractivity contribution in [2.75, 3.05) is 6.61 Å². The SMILES string of the molecule is CC(C)[C@H](C(=O)OCC(=O)c1ccc[nH]1)c1ccc(Cl)cc1. The summed E-state index contributed by atoms with van der Waals surface area (Å²) in [5.41, 5.74) is 1.26. The Kier molecular flexibility index (Phi) is 5.39. The van der Waals surface area contributed by atoms with Gasteiger partial charge in [-0.1, -0.05) is 37.6 Å². The summed E-state index contributed by atoms with van der Waals surface area (Å²) in [7, 11) is 0. The van der Waals surface area contributed by atoms with E-state index in [4.69, 9.17) is 16.3 Å². The summed E-state index contributed by atoms with van der Waals surface area (Å²) in [4.78, 5) is 27.0. The number of ether oxygens (including phenoxy) is 1. The molecule has 1 aromatic heterocycles. The van der Waals surface area contributed by atoms with Gasteiger partial charge in [0.25, 0.3) is 0 Å². The molecule has 116 valence electrons. The third-order valence-electron chi connectivity index (χ3n) is 3.39. The summed E-state index contributed by atoms with van der Waals surface area (Å²) < 4.78 is 5.19. The minimum Gasteiger partial charge on any atom is -0.457 e. The molecule has 4 nitrogen and oxygen atoms in total. The van der Waals surface area contributed by atoms with Crippen molar-refractivity contribution in [1.29, 1.82) is 0 Å². The number of nitrogens with one attached hydrogen (secondary N) is 1. The molecule has 1 aromatic carbocycles. The number of carbonyl (C=O) groups excluding carboxylic acids is 2. The normalized spacial score (nSPS) is 12.2. The van der Waals surface area contributed by atoms with E-state index in [9.17, 15) is 9.59 Å². The maximum atomic E-state index is 12.3. The fourth-order valence-electron chi connectivity index (χ4n) is 2.27. The molecule has 2 aromatic rings. The van der Waals surface area contributed by atoms with Gasteiger partial charge in [0, 0.05) is 11.2 Å². The topological polar surface area (TPSA) is 59.2 Å². The molecule has 0 bridgehead atoms. The summed E-state index contributed by atoms with van der Waals surface area (Å²) >= 11 is 5.87. The highest BCUT2D eigenvalue weighted by atomic mass is 35.5. The number of rotatable bonds is 6. The fourth-order valence-corrected chi connectivity index (χ4v) is 2.40. The van der Waals surface area contributed by atoms with E-state index in [1.165, 1.54) is 0 Å². The van der Waals surface area contributed by atoms with Crippen LogP contribution in [-0.4, -0.2) is 23.3 Å². The molecule has 0 spiro atoms. The Bertz CT molecular complexity index is 632. The molecule has 1 N–H and O–H groups in total. The fraction of sp³-hybridized carbons (Fsp3) is 0.294. The molecule has 0 radical (unpaired) electrons. The van der Waals surface area contributed by atoms with Crippen molar-refractivity contribution in [3.05, 3.63) is 58.9 Å². The number of aromatic nitrogens is 1. The van der Waals surface area contributed by atoms with E-state index in [0.29, 0.717) is 10.7 Å². The van der Waals surface area contributed by atoms with Crippen molar-refractivity contribution < 1.29 is 14.3 Å². The zero-order valence-electron chi connectivity index (χ0n) is 12.5. The molecule has 0 fully saturated rings. The van der Waals surface area contributed by atoms with Gasteiger partial charge in [-0.15, -0.1) is 0 Å². The van der Waals surface area contributed by atoms with Gasteiger partial charge in [-0.2, -0.15) is 0 Å². The number of carbonyl (C=O) groups is 2. The van der Waals surface area contributed by atoms with E-state index in [1.54, 1.807) is 42.6 Å². The van der Waals surface area contributed by atoms with Gasteiger partial charge in [0.05, 0.1) is 11.6 Å². The number of hydrogen-bond acceptors (Lipinski definition) is 3. The van der Waals surface area contributed by atoms with E-state index in [0.717, 1.165) is 5.56 Å². The highest BCUT2D eigenvalue weighted by molar-refractivity contribution is 6.30. The number of esters is 1. The second kappa shape index (κ2) is 7.27. The molecule has 0 saturated heterocycles. The van der Waals surface area contributed by atoms with Gasteiger partial charge in [0.2, 0.25) is 5.78 Å².